The molecule has 2 aromatic rings. The predicted octanol–water partition coefficient (Wildman–Crippen LogP) is 2.31. The smallest absolute Gasteiger partial charge is 0.306 e. The monoisotopic (exact) mass is 443 g/mol. The van der Waals surface area contributed by atoms with Gasteiger partial charge in [-0.1, -0.05) is 42.5 Å². The fourth-order valence-corrected chi connectivity index (χ4v) is 4.38. The molecule has 1 aliphatic rings. The Balaban J connectivity index is 1.44. The van der Waals surface area contributed by atoms with E-state index in [0.29, 0.717) is 12.0 Å². The van der Waals surface area contributed by atoms with Crippen LogP contribution >= 0.6 is 0 Å². The molecule has 2 atom stereocenters. The van der Waals surface area contributed by atoms with Crippen LogP contribution in [0.2, 0.25) is 0 Å². The first kappa shape index (κ1) is 22.5. The Morgan fingerprint density at radius 3 is 2.48 bits per heavy atom. The molecule has 3 rings (SSSR count). The van der Waals surface area contributed by atoms with Crippen LogP contribution in [0.25, 0.3) is 0 Å². The van der Waals surface area contributed by atoms with Gasteiger partial charge >= 0.3 is 5.97 Å². The number of sulfonamides is 1. The van der Waals surface area contributed by atoms with Crippen molar-refractivity contribution in [1.82, 2.24) is 10.0 Å². The summed E-state index contributed by atoms with van der Waals surface area (Å²) < 4.78 is 31.7. The summed E-state index contributed by atoms with van der Waals surface area (Å²) in [5.74, 6) is -0.615. The highest BCUT2D eigenvalue weighted by molar-refractivity contribution is 7.90. The normalized spacial score (nSPS) is 17.3. The fourth-order valence-electron chi connectivity index (χ4n) is 3.13. The van der Waals surface area contributed by atoms with Crippen molar-refractivity contribution < 1.29 is 22.7 Å². The molecule has 0 saturated heterocycles. The van der Waals surface area contributed by atoms with Gasteiger partial charge in [0.1, 0.15) is 5.84 Å². The van der Waals surface area contributed by atoms with Crippen molar-refractivity contribution >= 4 is 27.7 Å². The van der Waals surface area contributed by atoms with E-state index < -0.39 is 22.1 Å². The number of fused-ring (bicyclic) bond motifs is 1. The zero-order valence-corrected chi connectivity index (χ0v) is 18.2. The van der Waals surface area contributed by atoms with Crippen LogP contribution in [0.3, 0.4) is 0 Å². The molecule has 0 bridgehead atoms. The number of rotatable bonds is 8. The molecule has 0 radical (unpaired) electrons. The van der Waals surface area contributed by atoms with Crippen LogP contribution in [-0.4, -0.2) is 38.8 Å². The summed E-state index contributed by atoms with van der Waals surface area (Å²) in [5.41, 5.74) is 1.47. The summed E-state index contributed by atoms with van der Waals surface area (Å²) in [4.78, 5) is 28.8. The van der Waals surface area contributed by atoms with Crippen LogP contribution in [0.1, 0.15) is 43.9 Å². The minimum Gasteiger partial charge on any atom is -0.453 e. The first-order chi connectivity index (χ1) is 14.8. The van der Waals surface area contributed by atoms with Crippen molar-refractivity contribution in [2.75, 3.05) is 6.54 Å². The lowest BCUT2D eigenvalue weighted by Crippen LogP contribution is -2.37. The van der Waals surface area contributed by atoms with E-state index in [9.17, 15) is 18.0 Å². The van der Waals surface area contributed by atoms with Crippen LogP contribution in [-0.2, 0) is 24.3 Å². The van der Waals surface area contributed by atoms with Gasteiger partial charge in [0.25, 0.3) is 15.9 Å². The summed E-state index contributed by atoms with van der Waals surface area (Å²) in [6, 6.07) is 15.9. The number of nitrogens with one attached hydrogen (secondary N) is 2. The highest BCUT2D eigenvalue weighted by Gasteiger charge is 2.30. The first-order valence-corrected chi connectivity index (χ1v) is 11.5. The van der Waals surface area contributed by atoms with E-state index >= 15 is 0 Å². The van der Waals surface area contributed by atoms with E-state index in [1.54, 1.807) is 18.2 Å². The topological polar surface area (TPSA) is 114 Å². The van der Waals surface area contributed by atoms with Crippen LogP contribution in [0.15, 0.2) is 64.5 Å². The number of benzene rings is 2. The number of nitrogens with zero attached hydrogens (tertiary/aromatic N) is 1. The van der Waals surface area contributed by atoms with Crippen LogP contribution in [0.4, 0.5) is 0 Å². The van der Waals surface area contributed by atoms with Crippen molar-refractivity contribution in [3.8, 4) is 0 Å². The van der Waals surface area contributed by atoms with Gasteiger partial charge in [0.15, 0.2) is 6.10 Å². The minimum atomic E-state index is -3.58. The highest BCUT2D eigenvalue weighted by Crippen LogP contribution is 2.22. The number of amidine groups is 1. The zero-order chi connectivity index (χ0) is 22.4. The molecule has 2 N–H and O–H groups in total. The average molecular weight is 444 g/mol. The fraction of sp³-hybridized carbons (Fsp3) is 0.318. The van der Waals surface area contributed by atoms with Gasteiger partial charge in [-0.15, -0.1) is 0 Å². The quantitative estimate of drug-likeness (QED) is 0.480. The van der Waals surface area contributed by atoms with Crippen LogP contribution in [0, 0.1) is 0 Å². The van der Waals surface area contributed by atoms with Crippen molar-refractivity contribution in [2.45, 2.75) is 43.7 Å². The summed E-state index contributed by atoms with van der Waals surface area (Å²) >= 11 is 0. The largest absolute Gasteiger partial charge is 0.453 e. The van der Waals surface area contributed by atoms with Gasteiger partial charge in [0, 0.05) is 18.5 Å². The molecular formula is C22H25N3O5S. The number of ether oxygens (including phenoxy) is 1. The second-order valence-electron chi connectivity index (χ2n) is 7.21. The molecule has 2 aromatic carbocycles. The summed E-state index contributed by atoms with van der Waals surface area (Å²) in [6.07, 6.45) is -0.489. The first-order valence-electron chi connectivity index (χ1n) is 9.99. The van der Waals surface area contributed by atoms with Crippen LogP contribution < -0.4 is 10.0 Å². The van der Waals surface area contributed by atoms with E-state index in [2.05, 4.69) is 15.0 Å². The van der Waals surface area contributed by atoms with E-state index in [1.807, 2.05) is 37.3 Å². The summed E-state index contributed by atoms with van der Waals surface area (Å²) in [7, 11) is -3.58. The number of amides is 1. The summed E-state index contributed by atoms with van der Waals surface area (Å²) in [5, 5.41) is 2.82. The Kier molecular flexibility index (Phi) is 7.06. The molecule has 31 heavy (non-hydrogen) atoms. The molecule has 164 valence electrons. The molecule has 0 aliphatic carbocycles. The standard InChI is InChI=1S/C22H25N3O5S/c1-15(17-9-4-3-5-10-17)24-22(27)16(2)30-20(26)13-8-14-23-21-18-11-6-7-12-19(18)31(28,29)25-21/h3-7,9-12,15-16H,8,13-14H2,1-2H3,(H,23,25)(H,24,27). The third-order valence-electron chi connectivity index (χ3n) is 4.81. The molecule has 0 saturated carbocycles. The van der Waals surface area contributed by atoms with Gasteiger partial charge in [-0.25, -0.2) is 8.42 Å². The molecule has 1 heterocycles. The van der Waals surface area contributed by atoms with Gasteiger partial charge in [0.2, 0.25) is 0 Å². The number of carbonyl (C=O) groups excluding carboxylic acids is 2. The lowest BCUT2D eigenvalue weighted by molar-refractivity contribution is -0.155. The van der Waals surface area contributed by atoms with Gasteiger partial charge < -0.3 is 10.1 Å². The van der Waals surface area contributed by atoms with Gasteiger partial charge in [0.05, 0.1) is 10.9 Å². The number of aliphatic imine (C=N–C) groups is 1. The van der Waals surface area contributed by atoms with E-state index in [0.717, 1.165) is 5.56 Å². The Morgan fingerprint density at radius 2 is 1.74 bits per heavy atom. The maximum atomic E-state index is 12.3. The molecule has 9 heteroatoms. The van der Waals surface area contributed by atoms with Crippen molar-refractivity contribution in [1.29, 1.82) is 0 Å². The number of hydrogen-bond donors (Lipinski definition) is 2. The van der Waals surface area contributed by atoms with E-state index in [1.165, 1.54) is 13.0 Å². The predicted molar refractivity (Wildman–Crippen MR) is 116 cm³/mol. The molecule has 1 aliphatic heterocycles. The Hall–Kier alpha value is -3.20. The number of carbonyl (C=O) groups is 2. The highest BCUT2D eigenvalue weighted by atomic mass is 32.2. The van der Waals surface area contributed by atoms with Gasteiger partial charge in [-0.2, -0.15) is 0 Å². The molecule has 0 spiro atoms. The SMILES string of the molecule is CC(OC(=O)CCCN=C1NS(=O)(=O)c2ccccc21)C(=O)NC(C)c1ccccc1. The van der Waals surface area contributed by atoms with Crippen LogP contribution in [0.5, 0.6) is 0 Å². The molecular weight excluding hydrogens is 418 g/mol. The Bertz CT molecular complexity index is 1080. The minimum absolute atomic E-state index is 0.0665. The average Bonchev–Trinajstić information content (AvgIpc) is 3.02. The maximum absolute atomic E-state index is 12.3. The van der Waals surface area contributed by atoms with Crippen molar-refractivity contribution in [3.63, 3.8) is 0 Å². The zero-order valence-electron chi connectivity index (χ0n) is 17.4. The lowest BCUT2D eigenvalue weighted by atomic mass is 10.1. The Labute approximate surface area is 181 Å². The molecule has 0 fully saturated rings. The molecule has 8 nitrogen and oxygen atoms in total. The third kappa shape index (κ3) is 5.69. The molecule has 1 amide bonds. The molecule has 2 unspecified atom stereocenters. The van der Waals surface area contributed by atoms with Gasteiger partial charge in [-0.05, 0) is 38.0 Å². The number of esters is 1. The van der Waals surface area contributed by atoms with Crippen molar-refractivity contribution in [2.24, 2.45) is 4.99 Å². The number of hydrogen-bond acceptors (Lipinski definition) is 6. The van der Waals surface area contributed by atoms with Gasteiger partial charge in [-0.3, -0.25) is 19.3 Å². The Morgan fingerprint density at radius 1 is 1.06 bits per heavy atom. The maximum Gasteiger partial charge on any atom is 0.306 e. The molecule has 0 aromatic heterocycles. The second kappa shape index (κ2) is 9.74. The summed E-state index contributed by atoms with van der Waals surface area (Å²) in [6.45, 7) is 3.62. The third-order valence-corrected chi connectivity index (χ3v) is 6.20. The second-order valence-corrected chi connectivity index (χ2v) is 8.86. The lowest BCUT2D eigenvalue weighted by Gasteiger charge is -2.18. The van der Waals surface area contributed by atoms with Crippen molar-refractivity contribution in [3.05, 3.63) is 65.7 Å². The van der Waals surface area contributed by atoms with E-state index in [-0.39, 0.29) is 35.6 Å². The van der Waals surface area contributed by atoms with E-state index in [4.69, 9.17) is 4.74 Å².